The first kappa shape index (κ1) is 25.4. The van der Waals surface area contributed by atoms with Gasteiger partial charge in [-0.3, -0.25) is 14.6 Å². The van der Waals surface area contributed by atoms with E-state index in [0.29, 0.717) is 38.5 Å². The summed E-state index contributed by atoms with van der Waals surface area (Å²) in [5.41, 5.74) is 10.3. The van der Waals surface area contributed by atoms with Gasteiger partial charge in [0, 0.05) is 37.5 Å². The number of allylic oxidation sites excluding steroid dienone is 1. The topological polar surface area (TPSA) is 88.2 Å². The Morgan fingerprint density at radius 2 is 1.80 bits per heavy atom. The fourth-order valence-corrected chi connectivity index (χ4v) is 5.64. The highest BCUT2D eigenvalue weighted by Gasteiger charge is 2.30. The average molecular weight is 485 g/mol. The van der Waals surface area contributed by atoms with Crippen LogP contribution >= 0.6 is 0 Å². The molecule has 3 aliphatic rings. The largest absolute Gasteiger partial charge is 0.394 e. The lowest BCUT2D eigenvalue weighted by Gasteiger charge is -2.35. The van der Waals surface area contributed by atoms with Gasteiger partial charge in [-0.15, -0.1) is 0 Å². The number of hydrogen-bond acceptors (Lipinski definition) is 5. The number of aliphatic imine (C=N–C) groups is 1. The second-order valence-electron chi connectivity index (χ2n) is 10.1. The van der Waals surface area contributed by atoms with Crippen molar-refractivity contribution in [2.75, 3.05) is 32.7 Å². The third kappa shape index (κ3) is 5.92. The maximum Gasteiger partial charge on any atom is 0.270 e. The van der Waals surface area contributed by atoms with Crippen LogP contribution in [0.4, 0.5) is 4.39 Å². The number of aryl methyl sites for hydroxylation is 1. The number of nitrogens with two attached hydrogens (primary N) is 1. The summed E-state index contributed by atoms with van der Waals surface area (Å²) in [6, 6.07) is 4.96. The monoisotopic (exact) mass is 484 g/mol. The molecule has 3 fully saturated rings. The van der Waals surface area contributed by atoms with Gasteiger partial charge in [0.1, 0.15) is 18.1 Å². The predicted molar refractivity (Wildman–Crippen MR) is 134 cm³/mol. The number of piperidine rings is 1. The Hall–Kier alpha value is -2.74. The van der Waals surface area contributed by atoms with Crippen LogP contribution in [0.15, 0.2) is 34.5 Å². The number of amides is 2. The van der Waals surface area contributed by atoms with Crippen molar-refractivity contribution in [1.29, 1.82) is 0 Å². The number of hydrogen-bond donors (Lipinski definition) is 1. The molecule has 1 aliphatic carbocycles. The zero-order valence-electron chi connectivity index (χ0n) is 21.1. The molecule has 1 aromatic rings. The van der Waals surface area contributed by atoms with Crippen LogP contribution in [0.5, 0.6) is 0 Å². The molecule has 8 heteroatoms. The van der Waals surface area contributed by atoms with Crippen molar-refractivity contribution in [3.8, 4) is 0 Å². The summed E-state index contributed by atoms with van der Waals surface area (Å²) in [5.74, 6) is -0.0405. The Balaban J connectivity index is 1.35. The van der Waals surface area contributed by atoms with E-state index in [2.05, 4.69) is 4.99 Å². The van der Waals surface area contributed by atoms with Crippen LogP contribution in [-0.2, 0) is 14.3 Å². The van der Waals surface area contributed by atoms with Gasteiger partial charge in [0.25, 0.3) is 5.91 Å². The first-order valence-corrected chi connectivity index (χ1v) is 12.7. The summed E-state index contributed by atoms with van der Waals surface area (Å²) >= 11 is 0. The van der Waals surface area contributed by atoms with Crippen LogP contribution in [0.3, 0.4) is 0 Å². The van der Waals surface area contributed by atoms with E-state index in [1.54, 1.807) is 11.0 Å². The molecule has 7 nitrogen and oxygen atoms in total. The van der Waals surface area contributed by atoms with Gasteiger partial charge in [0.2, 0.25) is 5.91 Å². The Morgan fingerprint density at radius 3 is 2.46 bits per heavy atom. The number of carbonyl (C=O) groups is 2. The van der Waals surface area contributed by atoms with Crippen molar-refractivity contribution in [3.05, 3.63) is 46.4 Å². The van der Waals surface area contributed by atoms with Crippen LogP contribution in [0.25, 0.3) is 0 Å². The second-order valence-corrected chi connectivity index (χ2v) is 10.1. The van der Waals surface area contributed by atoms with E-state index in [4.69, 9.17) is 10.5 Å². The Morgan fingerprint density at radius 1 is 1.11 bits per heavy atom. The lowest BCUT2D eigenvalue weighted by atomic mass is 9.87. The molecule has 2 saturated heterocycles. The number of likely N-dealkylation sites (tertiary alicyclic amines) is 1. The van der Waals surface area contributed by atoms with Crippen LogP contribution in [0, 0.1) is 12.7 Å². The molecule has 2 amide bonds. The normalized spacial score (nSPS) is 26.3. The lowest BCUT2D eigenvalue weighted by Crippen LogP contribution is -2.49. The second kappa shape index (κ2) is 10.9. The molecule has 0 spiro atoms. The van der Waals surface area contributed by atoms with E-state index >= 15 is 0 Å². The van der Waals surface area contributed by atoms with E-state index in [1.807, 2.05) is 31.7 Å². The summed E-state index contributed by atoms with van der Waals surface area (Å²) in [7, 11) is 0. The molecule has 0 radical (unpaired) electrons. The van der Waals surface area contributed by atoms with Gasteiger partial charge in [-0.25, -0.2) is 4.39 Å². The van der Waals surface area contributed by atoms with E-state index in [9.17, 15) is 14.0 Å². The van der Waals surface area contributed by atoms with Gasteiger partial charge < -0.3 is 20.3 Å². The smallest absolute Gasteiger partial charge is 0.270 e. The lowest BCUT2D eigenvalue weighted by molar-refractivity contribution is -0.139. The molecule has 2 heterocycles. The van der Waals surface area contributed by atoms with E-state index in [-0.39, 0.29) is 42.1 Å². The van der Waals surface area contributed by atoms with Gasteiger partial charge in [-0.1, -0.05) is 6.07 Å². The maximum absolute atomic E-state index is 13.4. The van der Waals surface area contributed by atoms with E-state index < -0.39 is 0 Å². The van der Waals surface area contributed by atoms with Crippen LogP contribution in [-0.4, -0.2) is 72.3 Å². The molecule has 1 aromatic carbocycles. The summed E-state index contributed by atoms with van der Waals surface area (Å²) in [6.45, 7) is 8.31. The molecule has 0 aromatic heterocycles. The minimum Gasteiger partial charge on any atom is -0.394 e. The number of benzene rings is 1. The van der Waals surface area contributed by atoms with Gasteiger partial charge in [0.05, 0.1) is 12.2 Å². The molecule has 2 atom stereocenters. The van der Waals surface area contributed by atoms with Crippen molar-refractivity contribution in [1.82, 2.24) is 9.80 Å². The summed E-state index contributed by atoms with van der Waals surface area (Å²) in [4.78, 5) is 34.1. The standard InChI is InChI=1S/C27H37FN4O3/c1-17-13-21(28)7-8-22(17)20-9-11-31(12-10-20)25(33)14-30-24-6-4-5-23(24)26(29)27(34)32-15-18(2)35-19(3)16-32/h7-8,13,18-20H,4-6,9-12,14-16,29H2,1-3H3/b26-23-,30-24?/t18-,19+. The van der Waals surface area contributed by atoms with Gasteiger partial charge in [-0.05, 0) is 82.1 Å². The summed E-state index contributed by atoms with van der Waals surface area (Å²) in [5, 5.41) is 0. The number of morpholine rings is 1. The molecular formula is C27H37FN4O3. The highest BCUT2D eigenvalue weighted by atomic mass is 19.1. The molecule has 2 aliphatic heterocycles. The highest BCUT2D eigenvalue weighted by Crippen LogP contribution is 2.31. The zero-order valence-corrected chi connectivity index (χ0v) is 21.1. The minimum absolute atomic E-state index is 0.00115. The third-order valence-electron chi connectivity index (χ3n) is 7.38. The fraction of sp³-hybridized carbons (Fsp3) is 0.593. The SMILES string of the molecule is Cc1cc(F)ccc1C1CCN(C(=O)CN=C2CCC/C2=C(/N)C(=O)N2C[C@@H](C)O[C@@H](C)C2)CC1. The predicted octanol–water partition coefficient (Wildman–Crippen LogP) is 3.31. The van der Waals surface area contributed by atoms with Crippen LogP contribution in [0.1, 0.15) is 63.0 Å². The van der Waals surface area contributed by atoms with Crippen LogP contribution < -0.4 is 5.73 Å². The van der Waals surface area contributed by atoms with Crippen molar-refractivity contribution < 1.29 is 18.7 Å². The number of rotatable bonds is 4. The third-order valence-corrected chi connectivity index (χ3v) is 7.38. The van der Waals surface area contributed by atoms with Crippen molar-refractivity contribution in [3.63, 3.8) is 0 Å². The molecule has 190 valence electrons. The molecule has 2 N–H and O–H groups in total. The Bertz CT molecular complexity index is 1020. The molecule has 35 heavy (non-hydrogen) atoms. The average Bonchev–Trinajstić information content (AvgIpc) is 3.30. The zero-order chi connectivity index (χ0) is 25.1. The quantitative estimate of drug-likeness (QED) is 0.664. The number of ether oxygens (including phenoxy) is 1. The van der Waals surface area contributed by atoms with E-state index in [1.165, 1.54) is 11.6 Å². The molecular weight excluding hydrogens is 447 g/mol. The molecule has 4 rings (SSSR count). The number of nitrogens with zero attached hydrogens (tertiary/aromatic N) is 3. The summed E-state index contributed by atoms with van der Waals surface area (Å²) in [6.07, 6.45) is 4.00. The Labute approximate surface area is 207 Å². The highest BCUT2D eigenvalue weighted by molar-refractivity contribution is 6.09. The first-order chi connectivity index (χ1) is 16.7. The van der Waals surface area contributed by atoms with Gasteiger partial charge in [0.15, 0.2) is 0 Å². The number of halogens is 1. The van der Waals surface area contributed by atoms with Crippen LogP contribution in [0.2, 0.25) is 0 Å². The molecule has 0 unspecified atom stereocenters. The summed E-state index contributed by atoms with van der Waals surface area (Å²) < 4.78 is 19.2. The van der Waals surface area contributed by atoms with Gasteiger partial charge >= 0.3 is 0 Å². The minimum atomic E-state index is -0.213. The van der Waals surface area contributed by atoms with Gasteiger partial charge in [-0.2, -0.15) is 0 Å². The molecule has 1 saturated carbocycles. The van der Waals surface area contributed by atoms with Crippen molar-refractivity contribution in [2.24, 2.45) is 10.7 Å². The first-order valence-electron chi connectivity index (χ1n) is 12.7. The van der Waals surface area contributed by atoms with Crippen molar-refractivity contribution in [2.45, 2.75) is 71.0 Å². The molecule has 0 bridgehead atoms. The van der Waals surface area contributed by atoms with E-state index in [0.717, 1.165) is 42.5 Å². The Kier molecular flexibility index (Phi) is 7.89. The van der Waals surface area contributed by atoms with Crippen molar-refractivity contribution >= 4 is 17.5 Å². The maximum atomic E-state index is 13.4. The number of carbonyl (C=O) groups excluding carboxylic acids is 2. The fourth-order valence-electron chi connectivity index (χ4n) is 5.64.